The zero-order chi connectivity index (χ0) is 18.7. The van der Waals surface area contributed by atoms with Crippen LogP contribution in [0.4, 0.5) is 16.3 Å². The van der Waals surface area contributed by atoms with Crippen LogP contribution in [0.3, 0.4) is 0 Å². The molecule has 0 bridgehead atoms. The predicted octanol–water partition coefficient (Wildman–Crippen LogP) is 3.32. The summed E-state index contributed by atoms with van der Waals surface area (Å²) in [6, 6.07) is 6.39. The van der Waals surface area contributed by atoms with Crippen molar-refractivity contribution < 1.29 is 9.53 Å². The van der Waals surface area contributed by atoms with Crippen LogP contribution in [-0.4, -0.2) is 28.2 Å². The van der Waals surface area contributed by atoms with Gasteiger partial charge in [0, 0.05) is 35.1 Å². The summed E-state index contributed by atoms with van der Waals surface area (Å²) < 4.78 is 4.56. The molecule has 0 radical (unpaired) electrons. The molecule has 3 N–H and O–H groups in total. The topological polar surface area (TPSA) is 109 Å². The summed E-state index contributed by atoms with van der Waals surface area (Å²) in [6.07, 6.45) is 2.44. The second-order valence-corrected chi connectivity index (χ2v) is 5.99. The predicted molar refractivity (Wildman–Crippen MR) is 99.7 cm³/mol. The molecule has 1 unspecified atom stereocenters. The van der Waals surface area contributed by atoms with Gasteiger partial charge in [0.15, 0.2) is 0 Å². The first kappa shape index (κ1) is 17.7. The highest BCUT2D eigenvalue weighted by Gasteiger charge is 2.13. The van der Waals surface area contributed by atoms with E-state index in [1.54, 1.807) is 24.3 Å². The molecule has 3 aromatic rings. The summed E-state index contributed by atoms with van der Waals surface area (Å²) in [4.78, 5) is 34.7. The average Bonchev–Trinajstić information content (AvgIpc) is 2.61. The zero-order valence-electron chi connectivity index (χ0n) is 14.0. The molecule has 9 heteroatoms. The van der Waals surface area contributed by atoms with Crippen molar-refractivity contribution in [2.24, 2.45) is 0 Å². The Morgan fingerprint density at radius 1 is 1.31 bits per heavy atom. The third kappa shape index (κ3) is 3.92. The quantitative estimate of drug-likeness (QED) is 0.647. The van der Waals surface area contributed by atoms with E-state index < -0.39 is 6.09 Å². The molecule has 0 saturated carbocycles. The van der Waals surface area contributed by atoms with Gasteiger partial charge in [0.25, 0.3) is 5.56 Å². The Kier molecular flexibility index (Phi) is 5.04. The van der Waals surface area contributed by atoms with Gasteiger partial charge in [-0.05, 0) is 25.1 Å². The fourth-order valence-corrected chi connectivity index (χ4v) is 2.63. The van der Waals surface area contributed by atoms with Gasteiger partial charge in [-0.1, -0.05) is 11.6 Å². The van der Waals surface area contributed by atoms with Crippen molar-refractivity contribution >= 4 is 40.2 Å². The largest absolute Gasteiger partial charge is 0.453 e. The van der Waals surface area contributed by atoms with Gasteiger partial charge in [0.2, 0.25) is 0 Å². The van der Waals surface area contributed by atoms with Gasteiger partial charge in [-0.15, -0.1) is 0 Å². The lowest BCUT2D eigenvalue weighted by molar-refractivity contribution is 0.187. The number of anilines is 2. The molecule has 0 fully saturated rings. The Morgan fingerprint density at radius 2 is 2.12 bits per heavy atom. The van der Waals surface area contributed by atoms with Crippen LogP contribution in [0.15, 0.2) is 41.5 Å². The number of H-pyrrole nitrogens is 1. The fraction of sp³-hybridized carbons (Fsp3) is 0.176. The van der Waals surface area contributed by atoms with Crippen molar-refractivity contribution in [3.63, 3.8) is 0 Å². The first-order valence-electron chi connectivity index (χ1n) is 7.72. The highest BCUT2D eigenvalue weighted by molar-refractivity contribution is 6.31. The molecule has 0 aliphatic carbocycles. The Labute approximate surface area is 153 Å². The molecule has 0 aliphatic heterocycles. The smallest absolute Gasteiger partial charge is 0.411 e. The lowest BCUT2D eigenvalue weighted by Gasteiger charge is -2.15. The molecule has 3 rings (SSSR count). The number of halogens is 1. The third-order valence-electron chi connectivity index (χ3n) is 3.71. The number of aromatic nitrogens is 3. The maximum atomic E-state index is 12.3. The average molecular weight is 374 g/mol. The fourth-order valence-electron chi connectivity index (χ4n) is 2.46. The summed E-state index contributed by atoms with van der Waals surface area (Å²) in [5.41, 5.74) is 1.24. The number of fused-ring (bicyclic) bond motifs is 1. The third-order valence-corrected chi connectivity index (χ3v) is 3.92. The van der Waals surface area contributed by atoms with Gasteiger partial charge in [-0.3, -0.25) is 10.1 Å². The van der Waals surface area contributed by atoms with Crippen molar-refractivity contribution in [2.75, 3.05) is 17.7 Å². The number of aromatic amines is 1. The van der Waals surface area contributed by atoms with E-state index in [4.69, 9.17) is 11.6 Å². The molecule has 26 heavy (non-hydrogen) atoms. The van der Waals surface area contributed by atoms with E-state index in [-0.39, 0.29) is 11.6 Å². The molecule has 0 spiro atoms. The number of amides is 1. The number of carbonyl (C=O) groups excluding carboxylic acids is 1. The van der Waals surface area contributed by atoms with E-state index in [1.165, 1.54) is 19.5 Å². The Morgan fingerprint density at radius 3 is 2.88 bits per heavy atom. The summed E-state index contributed by atoms with van der Waals surface area (Å²) >= 11 is 5.97. The highest BCUT2D eigenvalue weighted by atomic mass is 35.5. The number of pyridine rings is 3. The maximum absolute atomic E-state index is 12.3. The summed E-state index contributed by atoms with van der Waals surface area (Å²) in [6.45, 7) is 1.83. The number of hydrogen-bond donors (Lipinski definition) is 3. The molecule has 3 heterocycles. The van der Waals surface area contributed by atoms with Crippen LogP contribution >= 0.6 is 11.6 Å². The van der Waals surface area contributed by atoms with Crippen LogP contribution < -0.4 is 16.2 Å². The number of nitrogens with one attached hydrogen (secondary N) is 3. The van der Waals surface area contributed by atoms with Gasteiger partial charge in [-0.2, -0.15) is 0 Å². The molecule has 1 atom stereocenters. The molecule has 3 aromatic heterocycles. The van der Waals surface area contributed by atoms with Crippen molar-refractivity contribution in [3.05, 3.63) is 57.6 Å². The molecule has 8 nitrogen and oxygen atoms in total. The molecule has 0 saturated heterocycles. The summed E-state index contributed by atoms with van der Waals surface area (Å²) in [7, 11) is 1.28. The van der Waals surface area contributed by atoms with Crippen LogP contribution in [0, 0.1) is 0 Å². The normalized spacial score (nSPS) is 11.8. The number of carbonyl (C=O) groups is 1. The molecule has 0 aliphatic rings. The minimum atomic E-state index is -0.578. The van der Waals surface area contributed by atoms with Crippen LogP contribution in [0.5, 0.6) is 0 Å². The minimum absolute atomic E-state index is 0.254. The molecule has 0 aromatic carbocycles. The Hall–Kier alpha value is -3.13. The van der Waals surface area contributed by atoms with Crippen LogP contribution in [0.25, 0.3) is 11.0 Å². The number of hydrogen-bond acceptors (Lipinski definition) is 6. The summed E-state index contributed by atoms with van der Waals surface area (Å²) in [5, 5.41) is 6.90. The lowest BCUT2D eigenvalue weighted by Crippen LogP contribution is -2.20. The van der Waals surface area contributed by atoms with Crippen LogP contribution in [-0.2, 0) is 4.74 Å². The van der Waals surface area contributed by atoms with E-state index in [1.807, 2.05) is 6.92 Å². The first-order valence-corrected chi connectivity index (χ1v) is 8.10. The van der Waals surface area contributed by atoms with Crippen molar-refractivity contribution in [1.29, 1.82) is 0 Å². The van der Waals surface area contributed by atoms with Crippen molar-refractivity contribution in [2.45, 2.75) is 13.0 Å². The van der Waals surface area contributed by atoms with Crippen molar-refractivity contribution in [1.82, 2.24) is 15.0 Å². The monoisotopic (exact) mass is 373 g/mol. The second-order valence-electron chi connectivity index (χ2n) is 5.56. The number of ether oxygens (including phenoxy) is 1. The van der Waals surface area contributed by atoms with Gasteiger partial charge in [-0.25, -0.2) is 14.8 Å². The van der Waals surface area contributed by atoms with Crippen LogP contribution in [0.1, 0.15) is 18.5 Å². The maximum Gasteiger partial charge on any atom is 0.411 e. The molecular weight excluding hydrogens is 358 g/mol. The van der Waals surface area contributed by atoms with E-state index in [2.05, 4.69) is 30.3 Å². The first-order chi connectivity index (χ1) is 12.5. The van der Waals surface area contributed by atoms with Crippen molar-refractivity contribution in [3.8, 4) is 0 Å². The van der Waals surface area contributed by atoms with Gasteiger partial charge < -0.3 is 15.0 Å². The Balaban J connectivity index is 1.86. The van der Waals surface area contributed by atoms with E-state index in [0.29, 0.717) is 27.7 Å². The SMILES string of the molecule is COC(=O)Nc1ccnc(NC(C)c2cc3cc(Cl)cnc3[nH]c2=O)c1. The zero-order valence-corrected chi connectivity index (χ0v) is 14.8. The molecule has 134 valence electrons. The van der Waals surface area contributed by atoms with E-state index in [9.17, 15) is 9.59 Å². The van der Waals surface area contributed by atoms with Gasteiger partial charge in [0.05, 0.1) is 18.2 Å². The van der Waals surface area contributed by atoms with Crippen LogP contribution in [0.2, 0.25) is 5.02 Å². The Bertz CT molecular complexity index is 1020. The number of rotatable bonds is 4. The van der Waals surface area contributed by atoms with Gasteiger partial charge >= 0.3 is 6.09 Å². The standard InChI is InChI=1S/C17H16ClN5O3/c1-9(21-14-7-12(3-4-19-14)22-17(25)26-2)13-6-10-5-11(18)8-20-15(10)23-16(13)24/h3-9H,1-2H3,(H,20,23,24)(H2,19,21,22,25). The number of methoxy groups -OCH3 is 1. The molecule has 1 amide bonds. The second kappa shape index (κ2) is 7.40. The van der Waals surface area contributed by atoms with E-state index >= 15 is 0 Å². The highest BCUT2D eigenvalue weighted by Crippen LogP contribution is 2.21. The van der Waals surface area contributed by atoms with Gasteiger partial charge in [0.1, 0.15) is 11.5 Å². The lowest BCUT2D eigenvalue weighted by atomic mass is 10.1. The summed E-state index contributed by atoms with van der Waals surface area (Å²) in [5.74, 6) is 0.495. The minimum Gasteiger partial charge on any atom is -0.453 e. The number of nitrogens with zero attached hydrogens (tertiary/aromatic N) is 2. The van der Waals surface area contributed by atoms with E-state index in [0.717, 1.165) is 5.39 Å². The molecular formula is C17H16ClN5O3.